The third-order valence-corrected chi connectivity index (χ3v) is 3.80. The second-order valence-corrected chi connectivity index (χ2v) is 5.76. The maximum Gasteiger partial charge on any atom is 0.151 e. The minimum absolute atomic E-state index is 0.0732. The standard InChI is InChI=1S/C8H12ClN3O2S/c1-2-15(13,14)4-3-11-8-7(9)5-10-6-12-8/h5-6H,2-4H2,1H3,(H,10,11,12). The van der Waals surface area contributed by atoms with Crippen LogP contribution in [0.5, 0.6) is 0 Å². The van der Waals surface area contributed by atoms with Crippen molar-refractivity contribution in [1.29, 1.82) is 0 Å². The Hall–Kier alpha value is -0.880. The van der Waals surface area contributed by atoms with Crippen LogP contribution in [0.25, 0.3) is 0 Å². The maximum atomic E-state index is 11.2. The summed E-state index contributed by atoms with van der Waals surface area (Å²) >= 11 is 5.77. The molecule has 0 fully saturated rings. The van der Waals surface area contributed by atoms with E-state index < -0.39 is 9.84 Å². The van der Waals surface area contributed by atoms with Crippen LogP contribution in [0, 0.1) is 0 Å². The Morgan fingerprint density at radius 1 is 1.53 bits per heavy atom. The van der Waals surface area contributed by atoms with Crippen molar-refractivity contribution in [2.75, 3.05) is 23.4 Å². The molecule has 0 saturated heterocycles. The van der Waals surface area contributed by atoms with Gasteiger partial charge in [0.1, 0.15) is 17.2 Å². The zero-order chi connectivity index (χ0) is 11.3. The summed E-state index contributed by atoms with van der Waals surface area (Å²) in [7, 11) is -2.95. The van der Waals surface area contributed by atoms with Gasteiger partial charge in [0, 0.05) is 12.3 Å². The average molecular weight is 250 g/mol. The number of hydrogen-bond donors (Lipinski definition) is 1. The van der Waals surface area contributed by atoms with Crippen LogP contribution in [0.4, 0.5) is 5.82 Å². The summed E-state index contributed by atoms with van der Waals surface area (Å²) in [5, 5.41) is 3.22. The molecule has 0 aliphatic rings. The van der Waals surface area contributed by atoms with Crippen molar-refractivity contribution in [3.63, 3.8) is 0 Å². The highest BCUT2D eigenvalue weighted by Crippen LogP contribution is 2.15. The van der Waals surface area contributed by atoms with Gasteiger partial charge < -0.3 is 5.32 Å². The Kier molecular flexibility index (Phi) is 4.28. The Bertz CT molecular complexity index is 422. The number of anilines is 1. The van der Waals surface area contributed by atoms with E-state index in [1.165, 1.54) is 12.5 Å². The molecule has 1 aromatic rings. The summed E-state index contributed by atoms with van der Waals surface area (Å²) in [5.41, 5.74) is 0. The van der Waals surface area contributed by atoms with Gasteiger partial charge in [0.15, 0.2) is 9.84 Å². The molecule has 0 saturated carbocycles. The van der Waals surface area contributed by atoms with Crippen molar-refractivity contribution in [3.8, 4) is 0 Å². The lowest BCUT2D eigenvalue weighted by Crippen LogP contribution is -2.17. The van der Waals surface area contributed by atoms with Gasteiger partial charge in [-0.1, -0.05) is 18.5 Å². The van der Waals surface area contributed by atoms with E-state index >= 15 is 0 Å². The minimum Gasteiger partial charge on any atom is -0.368 e. The van der Waals surface area contributed by atoms with Crippen molar-refractivity contribution in [2.24, 2.45) is 0 Å². The maximum absolute atomic E-state index is 11.2. The van der Waals surface area contributed by atoms with Crippen LogP contribution in [-0.4, -0.2) is 36.4 Å². The Morgan fingerprint density at radius 3 is 2.87 bits per heavy atom. The molecule has 0 unspecified atom stereocenters. The van der Waals surface area contributed by atoms with Crippen LogP contribution >= 0.6 is 11.6 Å². The molecule has 0 aliphatic carbocycles. The van der Waals surface area contributed by atoms with E-state index in [1.54, 1.807) is 6.92 Å². The summed E-state index contributed by atoms with van der Waals surface area (Å²) in [4.78, 5) is 7.59. The molecule has 0 radical (unpaired) electrons. The molecule has 1 N–H and O–H groups in total. The smallest absolute Gasteiger partial charge is 0.151 e. The van der Waals surface area contributed by atoms with Crippen molar-refractivity contribution in [2.45, 2.75) is 6.92 Å². The SMILES string of the molecule is CCS(=O)(=O)CCNc1ncncc1Cl. The lowest BCUT2D eigenvalue weighted by Gasteiger charge is -2.05. The van der Waals surface area contributed by atoms with E-state index in [1.807, 2.05) is 0 Å². The fraction of sp³-hybridized carbons (Fsp3) is 0.500. The molecule has 15 heavy (non-hydrogen) atoms. The molecule has 1 aromatic heterocycles. The summed E-state index contributed by atoms with van der Waals surface area (Å²) in [6.07, 6.45) is 2.80. The Morgan fingerprint density at radius 2 is 2.27 bits per heavy atom. The molecule has 0 spiro atoms. The van der Waals surface area contributed by atoms with Crippen molar-refractivity contribution >= 4 is 27.3 Å². The molecule has 1 heterocycles. The summed E-state index contributed by atoms with van der Waals surface area (Å²) in [5.74, 6) is 0.675. The quantitative estimate of drug-likeness (QED) is 0.842. The number of nitrogens with one attached hydrogen (secondary N) is 1. The van der Waals surface area contributed by atoms with E-state index in [4.69, 9.17) is 11.6 Å². The highest BCUT2D eigenvalue weighted by Gasteiger charge is 2.07. The highest BCUT2D eigenvalue weighted by molar-refractivity contribution is 7.91. The van der Waals surface area contributed by atoms with Crippen LogP contribution in [0.3, 0.4) is 0 Å². The van der Waals surface area contributed by atoms with Gasteiger partial charge in [-0.05, 0) is 0 Å². The molecule has 1 rings (SSSR count). The molecule has 0 atom stereocenters. The number of nitrogens with zero attached hydrogens (tertiary/aromatic N) is 2. The van der Waals surface area contributed by atoms with Crippen molar-refractivity contribution in [1.82, 2.24) is 9.97 Å². The van der Waals surface area contributed by atoms with E-state index in [0.29, 0.717) is 17.4 Å². The lowest BCUT2D eigenvalue weighted by molar-refractivity contribution is 0.597. The Labute approximate surface area is 93.8 Å². The molecule has 5 nitrogen and oxygen atoms in total. The van der Waals surface area contributed by atoms with E-state index in [2.05, 4.69) is 15.3 Å². The van der Waals surface area contributed by atoms with Gasteiger partial charge in [0.2, 0.25) is 0 Å². The predicted molar refractivity (Wildman–Crippen MR) is 59.9 cm³/mol. The summed E-state index contributed by atoms with van der Waals surface area (Å²) < 4.78 is 22.3. The second-order valence-electron chi connectivity index (χ2n) is 2.88. The highest BCUT2D eigenvalue weighted by atomic mass is 35.5. The molecule has 84 valence electrons. The first-order chi connectivity index (χ1) is 7.05. The van der Waals surface area contributed by atoms with Gasteiger partial charge in [0.25, 0.3) is 0 Å². The van der Waals surface area contributed by atoms with Crippen LogP contribution in [0.1, 0.15) is 6.92 Å². The number of sulfone groups is 1. The Balaban J connectivity index is 2.49. The monoisotopic (exact) mass is 249 g/mol. The molecule has 0 amide bonds. The van der Waals surface area contributed by atoms with E-state index in [-0.39, 0.29) is 11.5 Å². The third-order valence-electron chi connectivity index (χ3n) is 1.81. The molecule has 0 aromatic carbocycles. The number of hydrogen-bond acceptors (Lipinski definition) is 5. The van der Waals surface area contributed by atoms with Gasteiger partial charge in [-0.3, -0.25) is 0 Å². The van der Waals surface area contributed by atoms with Crippen LogP contribution in [0.15, 0.2) is 12.5 Å². The minimum atomic E-state index is -2.95. The van der Waals surface area contributed by atoms with Gasteiger partial charge in [0.05, 0.1) is 11.9 Å². The summed E-state index contributed by atoms with van der Waals surface area (Å²) in [6, 6.07) is 0. The van der Waals surface area contributed by atoms with Crippen LogP contribution < -0.4 is 5.32 Å². The first-order valence-corrected chi connectivity index (χ1v) is 6.65. The van der Waals surface area contributed by atoms with Gasteiger partial charge in [-0.2, -0.15) is 0 Å². The first-order valence-electron chi connectivity index (χ1n) is 4.45. The van der Waals surface area contributed by atoms with Gasteiger partial charge in [-0.25, -0.2) is 18.4 Å². The number of rotatable bonds is 5. The molecule has 0 bridgehead atoms. The molecular formula is C8H12ClN3O2S. The summed E-state index contributed by atoms with van der Waals surface area (Å²) in [6.45, 7) is 1.92. The fourth-order valence-electron chi connectivity index (χ4n) is 0.912. The normalized spacial score (nSPS) is 11.3. The predicted octanol–water partition coefficient (Wildman–Crippen LogP) is 0.977. The third kappa shape index (κ3) is 4.01. The van der Waals surface area contributed by atoms with E-state index in [9.17, 15) is 8.42 Å². The average Bonchev–Trinajstić information content (AvgIpc) is 2.21. The first kappa shape index (κ1) is 12.2. The van der Waals surface area contributed by atoms with Crippen molar-refractivity contribution < 1.29 is 8.42 Å². The van der Waals surface area contributed by atoms with Crippen LogP contribution in [-0.2, 0) is 9.84 Å². The zero-order valence-electron chi connectivity index (χ0n) is 8.27. The van der Waals surface area contributed by atoms with Gasteiger partial charge >= 0.3 is 0 Å². The van der Waals surface area contributed by atoms with E-state index in [0.717, 1.165) is 0 Å². The topological polar surface area (TPSA) is 72.0 Å². The molecular weight excluding hydrogens is 238 g/mol. The lowest BCUT2D eigenvalue weighted by atomic mass is 10.5. The van der Waals surface area contributed by atoms with Gasteiger partial charge in [-0.15, -0.1) is 0 Å². The number of halogens is 1. The van der Waals surface area contributed by atoms with Crippen LogP contribution in [0.2, 0.25) is 5.02 Å². The molecule has 0 aliphatic heterocycles. The zero-order valence-corrected chi connectivity index (χ0v) is 9.85. The largest absolute Gasteiger partial charge is 0.368 e. The fourth-order valence-corrected chi connectivity index (χ4v) is 1.79. The number of aromatic nitrogens is 2. The second kappa shape index (κ2) is 5.27. The van der Waals surface area contributed by atoms with Crippen molar-refractivity contribution in [3.05, 3.63) is 17.5 Å². The molecule has 7 heteroatoms.